The molecule has 130 valence electrons. The van der Waals surface area contributed by atoms with Gasteiger partial charge in [-0.2, -0.15) is 18.3 Å². The normalized spacial score (nSPS) is 11.4. The Morgan fingerprint density at radius 1 is 1.20 bits per heavy atom. The number of carbonyl (C=O) groups is 2. The van der Waals surface area contributed by atoms with Crippen LogP contribution < -0.4 is 10.7 Å². The van der Waals surface area contributed by atoms with Gasteiger partial charge in [0.25, 0.3) is 0 Å². The SMILES string of the molecule is O=C(N/N=C\c1cccnc1)C(=O)Nc1cc(C(F)(F)F)ccc1Cl. The van der Waals surface area contributed by atoms with E-state index in [4.69, 9.17) is 11.6 Å². The average Bonchev–Trinajstić information content (AvgIpc) is 2.56. The van der Waals surface area contributed by atoms with Crippen LogP contribution in [0.1, 0.15) is 11.1 Å². The summed E-state index contributed by atoms with van der Waals surface area (Å²) < 4.78 is 38.0. The van der Waals surface area contributed by atoms with Gasteiger partial charge in [-0.05, 0) is 24.3 Å². The Balaban J connectivity index is 2.01. The molecule has 10 heteroatoms. The van der Waals surface area contributed by atoms with Crippen LogP contribution in [0.5, 0.6) is 0 Å². The Labute approximate surface area is 144 Å². The topological polar surface area (TPSA) is 83.5 Å². The lowest BCUT2D eigenvalue weighted by Gasteiger charge is -2.11. The summed E-state index contributed by atoms with van der Waals surface area (Å²) in [5, 5.41) is 5.40. The van der Waals surface area contributed by atoms with Gasteiger partial charge in [0, 0.05) is 18.0 Å². The first kappa shape index (κ1) is 18.4. The number of alkyl halides is 3. The summed E-state index contributed by atoms with van der Waals surface area (Å²) in [6.07, 6.45) is -0.351. The number of nitrogens with one attached hydrogen (secondary N) is 2. The number of hydrogen-bond acceptors (Lipinski definition) is 4. The number of rotatable bonds is 3. The third kappa shape index (κ3) is 5.28. The molecule has 6 nitrogen and oxygen atoms in total. The number of benzene rings is 1. The summed E-state index contributed by atoms with van der Waals surface area (Å²) in [4.78, 5) is 27.2. The van der Waals surface area contributed by atoms with Crippen molar-refractivity contribution >= 4 is 35.3 Å². The van der Waals surface area contributed by atoms with Gasteiger partial charge in [-0.3, -0.25) is 14.6 Å². The number of nitrogens with zero attached hydrogens (tertiary/aromatic N) is 2. The summed E-state index contributed by atoms with van der Waals surface area (Å²) in [6.45, 7) is 0. The lowest BCUT2D eigenvalue weighted by molar-refractivity contribution is -0.137. The zero-order valence-electron chi connectivity index (χ0n) is 12.3. The molecule has 25 heavy (non-hydrogen) atoms. The summed E-state index contributed by atoms with van der Waals surface area (Å²) in [5.74, 6) is -2.39. The lowest BCUT2D eigenvalue weighted by atomic mass is 10.2. The monoisotopic (exact) mass is 370 g/mol. The molecule has 1 aromatic heterocycles. The standard InChI is InChI=1S/C15H10ClF3N4O2/c16-11-4-3-10(15(17,18)19)6-12(11)22-13(24)14(25)23-21-8-9-2-1-5-20-7-9/h1-8H,(H,22,24)(H,23,25)/b21-8-. The van der Waals surface area contributed by atoms with Crippen LogP contribution >= 0.6 is 11.6 Å². The number of hydrogen-bond donors (Lipinski definition) is 2. The number of anilines is 1. The number of halogens is 4. The maximum absolute atomic E-state index is 12.7. The Morgan fingerprint density at radius 2 is 1.96 bits per heavy atom. The number of amides is 2. The Bertz CT molecular complexity index is 810. The number of aromatic nitrogens is 1. The first-order valence-corrected chi connectivity index (χ1v) is 7.06. The highest BCUT2D eigenvalue weighted by atomic mass is 35.5. The third-order valence-electron chi connectivity index (χ3n) is 2.81. The van der Waals surface area contributed by atoms with Gasteiger partial charge in [0.2, 0.25) is 0 Å². The second kappa shape index (κ2) is 7.75. The fourth-order valence-corrected chi connectivity index (χ4v) is 1.81. The molecule has 0 spiro atoms. The highest BCUT2D eigenvalue weighted by Gasteiger charge is 2.31. The molecule has 0 bridgehead atoms. The van der Waals surface area contributed by atoms with Crippen molar-refractivity contribution in [3.8, 4) is 0 Å². The van der Waals surface area contributed by atoms with Crippen molar-refractivity contribution in [2.24, 2.45) is 5.10 Å². The summed E-state index contributed by atoms with van der Waals surface area (Å²) in [5.41, 5.74) is 1.16. The molecular weight excluding hydrogens is 361 g/mol. The predicted octanol–water partition coefficient (Wildman–Crippen LogP) is 2.84. The van der Waals surface area contributed by atoms with E-state index in [1.165, 1.54) is 12.4 Å². The van der Waals surface area contributed by atoms with Gasteiger partial charge in [-0.15, -0.1) is 0 Å². The Morgan fingerprint density at radius 3 is 2.60 bits per heavy atom. The summed E-state index contributed by atoms with van der Waals surface area (Å²) in [7, 11) is 0. The third-order valence-corrected chi connectivity index (χ3v) is 3.14. The molecule has 0 aliphatic heterocycles. The molecule has 0 radical (unpaired) electrons. The van der Waals surface area contributed by atoms with Crippen molar-refractivity contribution in [3.63, 3.8) is 0 Å². The minimum absolute atomic E-state index is 0.145. The van der Waals surface area contributed by atoms with Crippen molar-refractivity contribution in [2.45, 2.75) is 6.18 Å². The van der Waals surface area contributed by atoms with E-state index in [9.17, 15) is 22.8 Å². The molecule has 0 saturated heterocycles. The largest absolute Gasteiger partial charge is 0.416 e. The molecule has 1 heterocycles. The zero-order valence-corrected chi connectivity index (χ0v) is 13.1. The minimum Gasteiger partial charge on any atom is -0.316 e. The van der Waals surface area contributed by atoms with Crippen LogP contribution in [0.4, 0.5) is 18.9 Å². The lowest BCUT2D eigenvalue weighted by Crippen LogP contribution is -2.32. The molecule has 2 N–H and O–H groups in total. The molecule has 0 saturated carbocycles. The second-order valence-corrected chi connectivity index (χ2v) is 5.04. The van der Waals surface area contributed by atoms with Crippen LogP contribution in [0, 0.1) is 0 Å². The first-order valence-electron chi connectivity index (χ1n) is 6.68. The molecular formula is C15H10ClF3N4O2. The minimum atomic E-state index is -4.61. The Kier molecular flexibility index (Phi) is 5.71. The first-order chi connectivity index (χ1) is 11.8. The molecule has 1 aromatic carbocycles. The molecule has 0 atom stereocenters. The van der Waals surface area contributed by atoms with Crippen LogP contribution in [0.15, 0.2) is 47.8 Å². The smallest absolute Gasteiger partial charge is 0.316 e. The van der Waals surface area contributed by atoms with E-state index in [2.05, 4.69) is 10.1 Å². The van der Waals surface area contributed by atoms with Gasteiger partial charge in [0.05, 0.1) is 22.5 Å². The highest BCUT2D eigenvalue weighted by Crippen LogP contribution is 2.33. The molecule has 2 aromatic rings. The van der Waals surface area contributed by atoms with E-state index >= 15 is 0 Å². The van der Waals surface area contributed by atoms with Crippen molar-refractivity contribution in [1.82, 2.24) is 10.4 Å². The van der Waals surface area contributed by atoms with Gasteiger partial charge < -0.3 is 5.32 Å². The van der Waals surface area contributed by atoms with Crippen LogP contribution in [0.2, 0.25) is 5.02 Å². The van der Waals surface area contributed by atoms with Gasteiger partial charge in [-0.1, -0.05) is 17.7 Å². The van der Waals surface area contributed by atoms with E-state index in [0.717, 1.165) is 12.1 Å². The van der Waals surface area contributed by atoms with Crippen molar-refractivity contribution in [3.05, 3.63) is 58.9 Å². The molecule has 0 unspecified atom stereocenters. The van der Waals surface area contributed by atoms with Gasteiger partial charge in [-0.25, -0.2) is 5.43 Å². The van der Waals surface area contributed by atoms with Crippen LogP contribution in [0.25, 0.3) is 0 Å². The fourth-order valence-electron chi connectivity index (χ4n) is 1.65. The summed E-state index contributed by atoms with van der Waals surface area (Å²) >= 11 is 5.73. The van der Waals surface area contributed by atoms with Gasteiger partial charge in [0.1, 0.15) is 0 Å². The second-order valence-electron chi connectivity index (χ2n) is 4.63. The number of hydrazone groups is 1. The molecule has 2 amide bonds. The maximum Gasteiger partial charge on any atom is 0.416 e. The molecule has 2 rings (SSSR count). The van der Waals surface area contributed by atoms with Crippen molar-refractivity contribution in [1.29, 1.82) is 0 Å². The fraction of sp³-hybridized carbons (Fsp3) is 0.0667. The van der Waals surface area contributed by atoms with Crippen LogP contribution in [-0.2, 0) is 15.8 Å². The maximum atomic E-state index is 12.7. The van der Waals surface area contributed by atoms with E-state index in [1.807, 2.05) is 10.7 Å². The van der Waals surface area contributed by atoms with Crippen molar-refractivity contribution < 1.29 is 22.8 Å². The van der Waals surface area contributed by atoms with Crippen molar-refractivity contribution in [2.75, 3.05) is 5.32 Å². The van der Waals surface area contributed by atoms with E-state index < -0.39 is 23.6 Å². The Hall–Kier alpha value is -2.94. The molecule has 0 aliphatic carbocycles. The number of pyridine rings is 1. The summed E-state index contributed by atoms with van der Waals surface area (Å²) in [6, 6.07) is 5.66. The van der Waals surface area contributed by atoms with E-state index in [0.29, 0.717) is 11.6 Å². The van der Waals surface area contributed by atoms with Gasteiger partial charge >= 0.3 is 18.0 Å². The quantitative estimate of drug-likeness (QED) is 0.495. The van der Waals surface area contributed by atoms with E-state index in [1.54, 1.807) is 18.3 Å². The number of carbonyl (C=O) groups excluding carboxylic acids is 2. The molecule has 0 aliphatic rings. The zero-order chi connectivity index (χ0) is 18.4. The van der Waals surface area contributed by atoms with E-state index in [-0.39, 0.29) is 10.7 Å². The van der Waals surface area contributed by atoms with Gasteiger partial charge in [0.15, 0.2) is 0 Å². The van der Waals surface area contributed by atoms with Crippen LogP contribution in [0.3, 0.4) is 0 Å². The molecule has 0 fully saturated rings. The van der Waals surface area contributed by atoms with Crippen LogP contribution in [-0.4, -0.2) is 23.0 Å². The predicted molar refractivity (Wildman–Crippen MR) is 85.1 cm³/mol. The average molecular weight is 371 g/mol. The highest BCUT2D eigenvalue weighted by molar-refractivity contribution is 6.41.